The van der Waals surface area contributed by atoms with Crippen LogP contribution in [0.4, 0.5) is 0 Å². The fraction of sp³-hybridized carbons (Fsp3) is 0.625. The van der Waals surface area contributed by atoms with E-state index < -0.39 is 9.84 Å². The number of alkyl halides is 1. The summed E-state index contributed by atoms with van der Waals surface area (Å²) < 4.78 is 24.5. The number of hydrogen-bond acceptors (Lipinski definition) is 2. The minimum absolute atomic E-state index is 0.0388. The Morgan fingerprint density at radius 3 is 2.10 bits per heavy atom. The van der Waals surface area contributed by atoms with Gasteiger partial charge < -0.3 is 0 Å². The van der Waals surface area contributed by atoms with Gasteiger partial charge in [-0.1, -0.05) is 39.8 Å². The molecule has 0 aromatic heterocycles. The third-order valence-electron chi connectivity index (χ3n) is 3.56. The van der Waals surface area contributed by atoms with Gasteiger partial charge in [-0.2, -0.15) is 0 Å². The molecule has 0 saturated carbocycles. The van der Waals surface area contributed by atoms with Crippen molar-refractivity contribution in [3.8, 4) is 0 Å². The first-order chi connectivity index (χ1) is 9.16. The van der Waals surface area contributed by atoms with Crippen molar-refractivity contribution in [3.63, 3.8) is 0 Å². The lowest BCUT2D eigenvalue weighted by molar-refractivity contribution is 0.534. The molecule has 114 valence electrons. The molecule has 0 bridgehead atoms. The van der Waals surface area contributed by atoms with Crippen molar-refractivity contribution in [1.82, 2.24) is 0 Å². The fourth-order valence-electron chi connectivity index (χ4n) is 1.97. The topological polar surface area (TPSA) is 34.1 Å². The molecule has 1 atom stereocenters. The Kier molecular flexibility index (Phi) is 6.08. The van der Waals surface area contributed by atoms with Crippen LogP contribution in [0.3, 0.4) is 0 Å². The van der Waals surface area contributed by atoms with E-state index in [0.29, 0.717) is 23.1 Å². The lowest BCUT2D eigenvalue weighted by Gasteiger charge is -2.19. The Bertz CT molecular complexity index is 512. The van der Waals surface area contributed by atoms with E-state index in [1.165, 1.54) is 0 Å². The van der Waals surface area contributed by atoms with Gasteiger partial charge in [-0.25, -0.2) is 8.42 Å². The smallest absolute Gasteiger partial charge is 0.178 e. The molecule has 1 aromatic carbocycles. The largest absolute Gasteiger partial charge is 0.224 e. The second kappa shape index (κ2) is 6.95. The van der Waals surface area contributed by atoms with Crippen LogP contribution in [0.25, 0.3) is 0 Å². The summed E-state index contributed by atoms with van der Waals surface area (Å²) in [5.74, 6) is 1.12. The average molecular weight is 317 g/mol. The maximum Gasteiger partial charge on any atom is 0.178 e. The van der Waals surface area contributed by atoms with Gasteiger partial charge in [0.25, 0.3) is 0 Å². The van der Waals surface area contributed by atoms with Gasteiger partial charge in [0, 0.05) is 5.88 Å². The second-order valence-corrected chi connectivity index (χ2v) is 8.95. The quantitative estimate of drug-likeness (QED) is 0.728. The van der Waals surface area contributed by atoms with E-state index in [9.17, 15) is 8.42 Å². The third kappa shape index (κ3) is 5.10. The average Bonchev–Trinajstić information content (AvgIpc) is 2.36. The molecule has 0 radical (unpaired) electrons. The number of sulfone groups is 1. The Hall–Kier alpha value is -0.540. The molecule has 1 aromatic rings. The summed E-state index contributed by atoms with van der Waals surface area (Å²) in [5, 5.41) is 0. The van der Waals surface area contributed by atoms with Crippen LogP contribution in [0.15, 0.2) is 29.2 Å². The van der Waals surface area contributed by atoms with Crippen LogP contribution >= 0.6 is 11.6 Å². The van der Waals surface area contributed by atoms with Gasteiger partial charge in [0.15, 0.2) is 9.84 Å². The first-order valence-corrected chi connectivity index (χ1v) is 9.25. The molecular formula is C16H25ClO2S. The standard InChI is InChI=1S/C16H25ClO2S/c1-13(9-11-17)10-12-20(18,19)15-7-5-14(6-8-15)16(2,3)4/h5-8,13H,9-12H2,1-4H3. The minimum atomic E-state index is -3.18. The lowest BCUT2D eigenvalue weighted by atomic mass is 9.87. The van der Waals surface area contributed by atoms with Gasteiger partial charge in [0.1, 0.15) is 0 Å². The maximum atomic E-state index is 12.3. The Labute approximate surface area is 128 Å². The summed E-state index contributed by atoms with van der Waals surface area (Å²) in [5.41, 5.74) is 1.18. The van der Waals surface area contributed by atoms with E-state index in [2.05, 4.69) is 20.8 Å². The van der Waals surface area contributed by atoms with Crippen molar-refractivity contribution in [2.24, 2.45) is 5.92 Å². The van der Waals surface area contributed by atoms with Crippen molar-refractivity contribution in [2.45, 2.75) is 50.8 Å². The lowest BCUT2D eigenvalue weighted by Crippen LogP contribution is -2.13. The molecule has 0 aliphatic rings. The highest BCUT2D eigenvalue weighted by atomic mass is 35.5. The highest BCUT2D eigenvalue weighted by molar-refractivity contribution is 7.91. The van der Waals surface area contributed by atoms with Gasteiger partial charge in [-0.3, -0.25) is 0 Å². The summed E-state index contributed by atoms with van der Waals surface area (Å²) in [6, 6.07) is 7.27. The SMILES string of the molecule is CC(CCCl)CCS(=O)(=O)c1ccc(C(C)(C)C)cc1. The monoisotopic (exact) mass is 316 g/mol. The van der Waals surface area contributed by atoms with E-state index in [1.807, 2.05) is 19.1 Å². The van der Waals surface area contributed by atoms with Gasteiger partial charge >= 0.3 is 0 Å². The summed E-state index contributed by atoms with van der Waals surface area (Å²) in [4.78, 5) is 0.420. The Morgan fingerprint density at radius 1 is 1.10 bits per heavy atom. The normalized spacial score (nSPS) is 14.2. The van der Waals surface area contributed by atoms with Gasteiger partial charge in [-0.05, 0) is 41.9 Å². The molecule has 4 heteroatoms. The predicted octanol–water partition coefficient (Wildman–Crippen LogP) is 4.41. The van der Waals surface area contributed by atoms with E-state index in [-0.39, 0.29) is 11.2 Å². The molecule has 0 aliphatic heterocycles. The van der Waals surface area contributed by atoms with E-state index in [1.54, 1.807) is 12.1 Å². The Morgan fingerprint density at radius 2 is 1.65 bits per heavy atom. The molecule has 2 nitrogen and oxygen atoms in total. The highest BCUT2D eigenvalue weighted by Crippen LogP contribution is 2.24. The molecule has 1 rings (SSSR count). The predicted molar refractivity (Wildman–Crippen MR) is 86.3 cm³/mol. The summed E-state index contributed by atoms with van der Waals surface area (Å²) in [7, 11) is -3.18. The molecule has 0 spiro atoms. The minimum Gasteiger partial charge on any atom is -0.224 e. The fourth-order valence-corrected chi connectivity index (χ4v) is 3.84. The molecule has 20 heavy (non-hydrogen) atoms. The zero-order chi connectivity index (χ0) is 15.4. The highest BCUT2D eigenvalue weighted by Gasteiger charge is 2.18. The number of benzene rings is 1. The van der Waals surface area contributed by atoms with Crippen LogP contribution in [0.5, 0.6) is 0 Å². The molecule has 0 aliphatic carbocycles. The molecular weight excluding hydrogens is 292 g/mol. The second-order valence-electron chi connectivity index (χ2n) is 6.46. The maximum absolute atomic E-state index is 12.3. The van der Waals surface area contributed by atoms with Crippen molar-refractivity contribution < 1.29 is 8.42 Å². The number of rotatable bonds is 6. The van der Waals surface area contributed by atoms with Crippen molar-refractivity contribution in [3.05, 3.63) is 29.8 Å². The van der Waals surface area contributed by atoms with Crippen LogP contribution < -0.4 is 0 Å². The number of halogens is 1. The van der Waals surface area contributed by atoms with Gasteiger partial charge in [0.2, 0.25) is 0 Å². The van der Waals surface area contributed by atoms with Gasteiger partial charge in [0.05, 0.1) is 10.6 Å². The van der Waals surface area contributed by atoms with E-state index >= 15 is 0 Å². The van der Waals surface area contributed by atoms with Crippen molar-refractivity contribution >= 4 is 21.4 Å². The summed E-state index contributed by atoms with van der Waals surface area (Å²) in [6.45, 7) is 8.39. The van der Waals surface area contributed by atoms with Crippen molar-refractivity contribution in [2.75, 3.05) is 11.6 Å². The Balaban J connectivity index is 2.78. The van der Waals surface area contributed by atoms with Crippen LogP contribution in [-0.2, 0) is 15.3 Å². The molecule has 1 unspecified atom stereocenters. The van der Waals surface area contributed by atoms with Crippen LogP contribution in [0.1, 0.15) is 46.1 Å². The van der Waals surface area contributed by atoms with E-state index in [4.69, 9.17) is 11.6 Å². The summed E-state index contributed by atoms with van der Waals surface area (Å²) >= 11 is 5.67. The van der Waals surface area contributed by atoms with Crippen molar-refractivity contribution in [1.29, 1.82) is 0 Å². The van der Waals surface area contributed by atoms with Crippen LogP contribution in [-0.4, -0.2) is 20.1 Å². The molecule has 0 amide bonds. The van der Waals surface area contributed by atoms with E-state index in [0.717, 1.165) is 12.0 Å². The number of hydrogen-bond donors (Lipinski definition) is 0. The molecule has 0 N–H and O–H groups in total. The molecule has 0 fully saturated rings. The zero-order valence-corrected chi connectivity index (χ0v) is 14.4. The van der Waals surface area contributed by atoms with Gasteiger partial charge in [-0.15, -0.1) is 11.6 Å². The first kappa shape index (κ1) is 17.5. The zero-order valence-electron chi connectivity index (χ0n) is 12.8. The third-order valence-corrected chi connectivity index (χ3v) is 5.54. The van der Waals surface area contributed by atoms with Crippen LogP contribution in [0.2, 0.25) is 0 Å². The molecule has 0 heterocycles. The van der Waals surface area contributed by atoms with Crippen LogP contribution in [0, 0.1) is 5.92 Å². The summed E-state index contributed by atoms with van der Waals surface area (Å²) in [6.07, 6.45) is 1.52. The first-order valence-electron chi connectivity index (χ1n) is 7.06. The molecule has 0 saturated heterocycles.